The Labute approximate surface area is 125 Å². The molecule has 0 aliphatic carbocycles. The van der Waals surface area contributed by atoms with Crippen LogP contribution in [0.15, 0.2) is 42.7 Å². The molecule has 0 saturated heterocycles. The van der Waals surface area contributed by atoms with Crippen molar-refractivity contribution in [3.05, 3.63) is 54.0 Å². The van der Waals surface area contributed by atoms with Gasteiger partial charge in [0.15, 0.2) is 0 Å². The summed E-state index contributed by atoms with van der Waals surface area (Å²) in [4.78, 5) is 20.2. The van der Waals surface area contributed by atoms with Gasteiger partial charge in [-0.25, -0.2) is 4.98 Å². The number of carbonyl (C=O) groups excluding carboxylic acids is 1. The first-order valence-electron chi connectivity index (χ1n) is 6.47. The fraction of sp³-hybridized carbons (Fsp3) is 0.267. The van der Waals surface area contributed by atoms with Gasteiger partial charge >= 0.3 is 0 Å². The fourth-order valence-electron chi connectivity index (χ4n) is 1.75. The largest absolute Gasteiger partial charge is 0.305 e. The summed E-state index contributed by atoms with van der Waals surface area (Å²) < 4.78 is 0. The van der Waals surface area contributed by atoms with Crippen molar-refractivity contribution in [2.45, 2.75) is 26.2 Å². The van der Waals surface area contributed by atoms with Crippen LogP contribution < -0.4 is 5.32 Å². The van der Waals surface area contributed by atoms with Crippen molar-refractivity contribution < 1.29 is 4.79 Å². The molecule has 0 fully saturated rings. The number of aryl methyl sites for hydroxylation is 1. The van der Waals surface area contributed by atoms with Gasteiger partial charge < -0.3 is 5.32 Å². The molecule has 4 nitrogen and oxygen atoms in total. The molecule has 2 aromatic rings. The number of nitrogens with zero attached hydrogens (tertiary/aromatic N) is 2. The average molecular weight is 292 g/mol. The zero-order chi connectivity index (χ0) is 13.5. The van der Waals surface area contributed by atoms with E-state index in [1.807, 2.05) is 18.2 Å². The number of carbonyl (C=O) groups is 1. The lowest BCUT2D eigenvalue weighted by Crippen LogP contribution is -2.14. The smallest absolute Gasteiger partial charge is 0.275 e. The van der Waals surface area contributed by atoms with Gasteiger partial charge in [0.25, 0.3) is 5.91 Å². The molecule has 0 aromatic carbocycles. The predicted molar refractivity (Wildman–Crippen MR) is 82.3 cm³/mol. The summed E-state index contributed by atoms with van der Waals surface area (Å²) >= 11 is 0. The lowest BCUT2D eigenvalue weighted by molar-refractivity contribution is 0.102. The topological polar surface area (TPSA) is 54.9 Å². The first kappa shape index (κ1) is 16.1. The van der Waals surface area contributed by atoms with Crippen LogP contribution in [0.4, 0.5) is 5.82 Å². The van der Waals surface area contributed by atoms with E-state index in [1.165, 1.54) is 0 Å². The van der Waals surface area contributed by atoms with Gasteiger partial charge in [0.1, 0.15) is 11.5 Å². The summed E-state index contributed by atoms with van der Waals surface area (Å²) in [6.07, 6.45) is 6.55. The molecule has 5 heteroatoms. The highest BCUT2D eigenvalue weighted by Crippen LogP contribution is 2.08. The minimum atomic E-state index is -0.225. The third-order valence-corrected chi connectivity index (χ3v) is 2.78. The number of pyridine rings is 2. The van der Waals surface area contributed by atoms with Crippen molar-refractivity contribution in [2.75, 3.05) is 5.32 Å². The maximum absolute atomic E-state index is 12.0. The second-order valence-electron chi connectivity index (χ2n) is 4.32. The maximum Gasteiger partial charge on any atom is 0.275 e. The van der Waals surface area contributed by atoms with Crippen LogP contribution in [0.3, 0.4) is 0 Å². The lowest BCUT2D eigenvalue weighted by atomic mass is 10.1. The molecular weight excluding hydrogens is 274 g/mol. The molecule has 1 N–H and O–H groups in total. The number of halogens is 1. The molecule has 0 aliphatic heterocycles. The number of aromatic nitrogens is 2. The zero-order valence-electron chi connectivity index (χ0n) is 11.4. The van der Waals surface area contributed by atoms with Crippen molar-refractivity contribution in [3.8, 4) is 0 Å². The molecule has 0 bridgehead atoms. The van der Waals surface area contributed by atoms with E-state index in [-0.39, 0.29) is 18.3 Å². The van der Waals surface area contributed by atoms with E-state index in [2.05, 4.69) is 22.2 Å². The van der Waals surface area contributed by atoms with E-state index in [1.54, 1.807) is 24.5 Å². The monoisotopic (exact) mass is 291 g/mol. The fourth-order valence-corrected chi connectivity index (χ4v) is 1.75. The Balaban J connectivity index is 0.00000200. The van der Waals surface area contributed by atoms with Crippen LogP contribution >= 0.6 is 12.4 Å². The SMILES string of the molecule is CCCCc1ccnc(C(=O)Nc2ccccn2)c1.Cl. The van der Waals surface area contributed by atoms with E-state index in [0.717, 1.165) is 24.8 Å². The highest BCUT2D eigenvalue weighted by Gasteiger charge is 2.08. The summed E-state index contributed by atoms with van der Waals surface area (Å²) in [7, 11) is 0. The summed E-state index contributed by atoms with van der Waals surface area (Å²) in [5.74, 6) is 0.310. The average Bonchev–Trinajstić information content (AvgIpc) is 2.46. The first-order valence-corrected chi connectivity index (χ1v) is 6.47. The summed E-state index contributed by atoms with van der Waals surface area (Å²) in [6.45, 7) is 2.15. The van der Waals surface area contributed by atoms with Gasteiger partial charge in [0.05, 0.1) is 0 Å². The molecule has 0 aliphatic rings. The number of hydrogen-bond donors (Lipinski definition) is 1. The summed E-state index contributed by atoms with van der Waals surface area (Å²) in [5, 5.41) is 2.73. The van der Waals surface area contributed by atoms with Crippen LogP contribution in [0.1, 0.15) is 35.8 Å². The highest BCUT2D eigenvalue weighted by atomic mass is 35.5. The van der Waals surface area contributed by atoms with E-state index >= 15 is 0 Å². The first-order chi connectivity index (χ1) is 9.29. The molecule has 20 heavy (non-hydrogen) atoms. The van der Waals surface area contributed by atoms with Crippen molar-refractivity contribution in [2.24, 2.45) is 0 Å². The lowest BCUT2D eigenvalue weighted by Gasteiger charge is -2.05. The molecule has 106 valence electrons. The Morgan fingerprint density at radius 2 is 2.05 bits per heavy atom. The number of amides is 1. The molecule has 0 radical (unpaired) electrons. The van der Waals surface area contributed by atoms with Gasteiger partial charge in [-0.15, -0.1) is 12.4 Å². The second-order valence-corrected chi connectivity index (χ2v) is 4.32. The number of nitrogens with one attached hydrogen (secondary N) is 1. The summed E-state index contributed by atoms with van der Waals surface area (Å²) in [6, 6.07) is 9.17. The molecule has 2 aromatic heterocycles. The number of unbranched alkanes of at least 4 members (excludes halogenated alkanes) is 1. The van der Waals surface area contributed by atoms with Crippen molar-refractivity contribution >= 4 is 24.1 Å². The number of rotatable bonds is 5. The Kier molecular flexibility index (Phi) is 6.67. The Bertz CT molecular complexity index is 546. The van der Waals surface area contributed by atoms with E-state index in [0.29, 0.717) is 11.5 Å². The molecule has 0 saturated carbocycles. The van der Waals surface area contributed by atoms with Crippen LogP contribution in [0.2, 0.25) is 0 Å². The van der Waals surface area contributed by atoms with Gasteiger partial charge in [0, 0.05) is 12.4 Å². The third kappa shape index (κ3) is 4.63. The normalized spacial score (nSPS) is 9.65. The van der Waals surface area contributed by atoms with Gasteiger partial charge in [-0.05, 0) is 42.7 Å². The van der Waals surface area contributed by atoms with Crippen molar-refractivity contribution in [3.63, 3.8) is 0 Å². The molecule has 2 rings (SSSR count). The molecule has 0 atom stereocenters. The van der Waals surface area contributed by atoms with E-state index < -0.39 is 0 Å². The number of anilines is 1. The highest BCUT2D eigenvalue weighted by molar-refractivity contribution is 6.02. The van der Waals surface area contributed by atoms with Crippen LogP contribution in [-0.2, 0) is 6.42 Å². The predicted octanol–water partition coefficient (Wildman–Crippen LogP) is 3.49. The minimum absolute atomic E-state index is 0. The van der Waals surface area contributed by atoms with E-state index in [9.17, 15) is 4.79 Å². The van der Waals surface area contributed by atoms with Gasteiger partial charge in [-0.2, -0.15) is 0 Å². The minimum Gasteiger partial charge on any atom is -0.305 e. The molecule has 2 heterocycles. The Morgan fingerprint density at radius 1 is 1.20 bits per heavy atom. The van der Waals surface area contributed by atoms with Gasteiger partial charge in [-0.3, -0.25) is 9.78 Å². The van der Waals surface area contributed by atoms with Crippen LogP contribution in [0.5, 0.6) is 0 Å². The summed E-state index contributed by atoms with van der Waals surface area (Å²) in [5.41, 5.74) is 1.57. The molecule has 1 amide bonds. The van der Waals surface area contributed by atoms with E-state index in [4.69, 9.17) is 0 Å². The van der Waals surface area contributed by atoms with Crippen LogP contribution in [0, 0.1) is 0 Å². The Hall–Kier alpha value is -1.94. The molecule has 0 spiro atoms. The standard InChI is InChI=1S/C15H17N3O.ClH/c1-2-3-6-12-8-10-16-13(11-12)15(19)18-14-7-4-5-9-17-14;/h4-5,7-11H,2-3,6H2,1H3,(H,17,18,19);1H. The second kappa shape index (κ2) is 8.27. The van der Waals surface area contributed by atoms with Crippen LogP contribution in [-0.4, -0.2) is 15.9 Å². The number of hydrogen-bond acceptors (Lipinski definition) is 3. The zero-order valence-corrected chi connectivity index (χ0v) is 12.2. The van der Waals surface area contributed by atoms with Gasteiger partial charge in [0.2, 0.25) is 0 Å². The quantitative estimate of drug-likeness (QED) is 0.917. The molecular formula is C15H18ClN3O. The Morgan fingerprint density at radius 3 is 2.75 bits per heavy atom. The van der Waals surface area contributed by atoms with Crippen molar-refractivity contribution in [1.29, 1.82) is 0 Å². The molecule has 0 unspecified atom stereocenters. The van der Waals surface area contributed by atoms with Crippen molar-refractivity contribution in [1.82, 2.24) is 9.97 Å². The van der Waals surface area contributed by atoms with Gasteiger partial charge in [-0.1, -0.05) is 19.4 Å². The van der Waals surface area contributed by atoms with Crippen LogP contribution in [0.25, 0.3) is 0 Å². The maximum atomic E-state index is 12.0. The third-order valence-electron chi connectivity index (χ3n) is 2.78.